The summed E-state index contributed by atoms with van der Waals surface area (Å²) in [5.41, 5.74) is 0.772. The van der Waals surface area contributed by atoms with Crippen LogP contribution < -0.4 is 4.74 Å². The molecule has 6 heteroatoms. The van der Waals surface area contributed by atoms with Gasteiger partial charge in [-0.15, -0.1) is 0 Å². The number of hydrogen-bond acceptors (Lipinski definition) is 4. The van der Waals surface area contributed by atoms with E-state index in [1.807, 2.05) is 0 Å². The number of carbonyl (C=O) groups is 1. The highest BCUT2D eigenvalue weighted by Crippen LogP contribution is 2.29. The van der Waals surface area contributed by atoms with Gasteiger partial charge in [0.25, 0.3) is 10.0 Å². The van der Waals surface area contributed by atoms with E-state index in [4.69, 9.17) is 4.74 Å². The third-order valence-electron chi connectivity index (χ3n) is 3.48. The topological polar surface area (TPSA) is 65.4 Å². The fourth-order valence-electron chi connectivity index (χ4n) is 2.41. The van der Waals surface area contributed by atoms with E-state index in [0.717, 1.165) is 0 Å². The van der Waals surface area contributed by atoms with Gasteiger partial charge < -0.3 is 4.74 Å². The van der Waals surface area contributed by atoms with Crippen LogP contribution >= 0.6 is 0 Å². The summed E-state index contributed by atoms with van der Waals surface area (Å²) in [5.74, 6) is 0.414. The fraction of sp³-hybridized carbons (Fsp3) is 0.0625. The predicted octanol–water partition coefficient (Wildman–Crippen LogP) is 2.70. The molecule has 0 spiro atoms. The van der Waals surface area contributed by atoms with E-state index in [0.29, 0.717) is 28.5 Å². The van der Waals surface area contributed by atoms with Crippen molar-refractivity contribution < 1.29 is 17.9 Å². The third-order valence-corrected chi connectivity index (χ3v) is 5.18. The van der Waals surface area contributed by atoms with Gasteiger partial charge in [-0.3, -0.25) is 4.79 Å². The van der Waals surface area contributed by atoms with E-state index in [1.165, 1.54) is 29.4 Å². The Morgan fingerprint density at radius 3 is 2.41 bits per heavy atom. The van der Waals surface area contributed by atoms with Crippen molar-refractivity contribution in [3.05, 3.63) is 60.3 Å². The van der Waals surface area contributed by atoms with Crippen LogP contribution in [0.1, 0.15) is 10.4 Å². The summed E-state index contributed by atoms with van der Waals surface area (Å²) in [6.07, 6.45) is 2.11. The molecular weight excluding hydrogens is 302 g/mol. The van der Waals surface area contributed by atoms with Gasteiger partial charge in [0.05, 0.1) is 23.1 Å². The van der Waals surface area contributed by atoms with Gasteiger partial charge in [0.2, 0.25) is 0 Å². The Morgan fingerprint density at radius 1 is 1.05 bits per heavy atom. The van der Waals surface area contributed by atoms with Gasteiger partial charge in [0, 0.05) is 11.6 Å². The average Bonchev–Trinajstić information content (AvgIpc) is 2.99. The minimum Gasteiger partial charge on any atom is -0.496 e. The van der Waals surface area contributed by atoms with Crippen LogP contribution in [-0.4, -0.2) is 25.8 Å². The number of nitrogens with zero attached hydrogens (tertiary/aromatic N) is 1. The van der Waals surface area contributed by atoms with Crippen LogP contribution in [0.5, 0.6) is 5.75 Å². The number of methoxy groups -OCH3 is 1. The first-order valence-corrected chi connectivity index (χ1v) is 7.97. The lowest BCUT2D eigenvalue weighted by atomic mass is 10.1. The summed E-state index contributed by atoms with van der Waals surface area (Å²) in [4.78, 5) is 11.5. The summed E-state index contributed by atoms with van der Waals surface area (Å²) < 4.78 is 31.7. The first-order valence-electron chi connectivity index (χ1n) is 6.53. The molecule has 0 amide bonds. The summed E-state index contributed by atoms with van der Waals surface area (Å²) in [7, 11) is -2.24. The second-order valence-corrected chi connectivity index (χ2v) is 6.48. The molecule has 2 aromatic carbocycles. The molecule has 1 aromatic heterocycles. The maximum atomic E-state index is 12.7. The van der Waals surface area contributed by atoms with Crippen LogP contribution in [-0.2, 0) is 10.0 Å². The van der Waals surface area contributed by atoms with Crippen LogP contribution in [0.4, 0.5) is 0 Å². The molecule has 22 heavy (non-hydrogen) atoms. The highest BCUT2D eigenvalue weighted by atomic mass is 32.2. The number of carbonyl (C=O) groups excluding carboxylic acids is 1. The zero-order valence-electron chi connectivity index (χ0n) is 11.8. The van der Waals surface area contributed by atoms with Gasteiger partial charge in [-0.1, -0.05) is 18.2 Å². The molecule has 3 aromatic rings. The molecule has 0 bridgehead atoms. The van der Waals surface area contributed by atoms with Crippen LogP contribution in [0.2, 0.25) is 0 Å². The van der Waals surface area contributed by atoms with Crippen molar-refractivity contribution in [2.24, 2.45) is 0 Å². The molecule has 0 saturated heterocycles. The molecule has 0 aliphatic carbocycles. The van der Waals surface area contributed by atoms with Crippen LogP contribution in [0.25, 0.3) is 10.9 Å². The zero-order valence-corrected chi connectivity index (χ0v) is 12.6. The van der Waals surface area contributed by atoms with Crippen molar-refractivity contribution in [2.45, 2.75) is 4.90 Å². The lowest BCUT2D eigenvalue weighted by molar-refractivity contribution is 0.112. The number of ether oxygens (including phenoxy) is 1. The molecule has 0 radical (unpaired) electrons. The van der Waals surface area contributed by atoms with Crippen molar-refractivity contribution in [3.63, 3.8) is 0 Å². The number of rotatable bonds is 4. The summed E-state index contributed by atoms with van der Waals surface area (Å²) in [6.45, 7) is 0. The molecule has 0 atom stereocenters. The first-order chi connectivity index (χ1) is 10.6. The Kier molecular flexibility index (Phi) is 3.46. The van der Waals surface area contributed by atoms with Gasteiger partial charge in [-0.05, 0) is 30.3 Å². The molecule has 0 aliphatic rings. The average molecular weight is 315 g/mol. The smallest absolute Gasteiger partial charge is 0.268 e. The largest absolute Gasteiger partial charge is 0.496 e. The molecule has 0 N–H and O–H groups in total. The second kappa shape index (κ2) is 5.31. The van der Waals surface area contributed by atoms with Crippen LogP contribution in [0, 0.1) is 0 Å². The molecule has 0 saturated carbocycles. The quantitative estimate of drug-likeness (QED) is 0.694. The number of aromatic nitrogens is 1. The van der Waals surface area contributed by atoms with Crippen molar-refractivity contribution in [1.82, 2.24) is 3.97 Å². The Bertz CT molecular complexity index is 943. The molecule has 0 unspecified atom stereocenters. The number of hydrogen-bond donors (Lipinski definition) is 0. The Morgan fingerprint density at radius 2 is 1.77 bits per heavy atom. The van der Waals surface area contributed by atoms with Gasteiger partial charge >= 0.3 is 0 Å². The van der Waals surface area contributed by atoms with Gasteiger partial charge in [-0.2, -0.15) is 0 Å². The number of benzene rings is 2. The maximum absolute atomic E-state index is 12.7. The maximum Gasteiger partial charge on any atom is 0.268 e. The second-order valence-electron chi connectivity index (χ2n) is 4.66. The molecular formula is C16H13NO4S. The highest BCUT2D eigenvalue weighted by molar-refractivity contribution is 7.90. The van der Waals surface area contributed by atoms with E-state index >= 15 is 0 Å². The molecule has 1 heterocycles. The van der Waals surface area contributed by atoms with E-state index in [2.05, 4.69) is 0 Å². The normalized spacial score (nSPS) is 11.5. The summed E-state index contributed by atoms with van der Waals surface area (Å²) >= 11 is 0. The van der Waals surface area contributed by atoms with Crippen molar-refractivity contribution in [2.75, 3.05) is 7.11 Å². The van der Waals surface area contributed by atoms with Gasteiger partial charge in [0.1, 0.15) is 5.75 Å². The molecule has 112 valence electrons. The minimum atomic E-state index is -3.71. The van der Waals surface area contributed by atoms with Crippen LogP contribution in [0.3, 0.4) is 0 Å². The van der Waals surface area contributed by atoms with Gasteiger partial charge in [0.15, 0.2) is 6.29 Å². The fourth-order valence-corrected chi connectivity index (χ4v) is 3.78. The molecule has 0 fully saturated rings. The summed E-state index contributed by atoms with van der Waals surface area (Å²) in [6, 6.07) is 13.0. The van der Waals surface area contributed by atoms with E-state index in [-0.39, 0.29) is 4.90 Å². The Balaban J connectivity index is 2.28. The minimum absolute atomic E-state index is 0.191. The SMILES string of the molecule is COc1ccc2c(ccn2S(=O)(=O)c2ccccc2)c1C=O. The Hall–Kier alpha value is -2.60. The van der Waals surface area contributed by atoms with Gasteiger partial charge in [-0.25, -0.2) is 12.4 Å². The third kappa shape index (κ3) is 2.08. The van der Waals surface area contributed by atoms with Crippen molar-refractivity contribution in [3.8, 4) is 5.75 Å². The lowest BCUT2D eigenvalue weighted by Gasteiger charge is -2.09. The number of fused-ring (bicyclic) bond motifs is 1. The predicted molar refractivity (Wildman–Crippen MR) is 82.9 cm³/mol. The monoisotopic (exact) mass is 315 g/mol. The lowest BCUT2D eigenvalue weighted by Crippen LogP contribution is -2.11. The molecule has 0 aliphatic heterocycles. The van der Waals surface area contributed by atoms with E-state index in [9.17, 15) is 13.2 Å². The first kappa shape index (κ1) is 14.3. The standard InChI is InChI=1S/C16H13NO4S/c1-21-16-8-7-15-13(14(16)11-18)9-10-17(15)22(19,20)12-5-3-2-4-6-12/h2-11H,1H3. The van der Waals surface area contributed by atoms with E-state index in [1.54, 1.807) is 36.4 Å². The summed E-state index contributed by atoms with van der Waals surface area (Å²) in [5, 5.41) is 0.536. The Labute approximate surface area is 127 Å². The van der Waals surface area contributed by atoms with E-state index < -0.39 is 10.0 Å². The molecule has 3 rings (SSSR count). The highest BCUT2D eigenvalue weighted by Gasteiger charge is 2.20. The zero-order chi connectivity index (χ0) is 15.7. The number of aldehydes is 1. The van der Waals surface area contributed by atoms with Crippen molar-refractivity contribution in [1.29, 1.82) is 0 Å². The van der Waals surface area contributed by atoms with Crippen LogP contribution in [0.15, 0.2) is 59.6 Å². The van der Waals surface area contributed by atoms with Crippen molar-refractivity contribution >= 4 is 27.2 Å². The molecule has 5 nitrogen and oxygen atoms in total.